The molecular formula is C13H12BrNO4. The number of nitrogens with zero attached hydrogens (tertiary/aromatic N) is 1. The molecule has 1 fully saturated rings. The van der Waals surface area contributed by atoms with Crippen molar-refractivity contribution in [2.45, 2.75) is 25.8 Å². The highest BCUT2D eigenvalue weighted by Gasteiger charge is 2.26. The van der Waals surface area contributed by atoms with Gasteiger partial charge in [-0.25, -0.2) is 4.79 Å². The van der Waals surface area contributed by atoms with Gasteiger partial charge in [-0.05, 0) is 24.1 Å². The number of rotatable bonds is 3. The summed E-state index contributed by atoms with van der Waals surface area (Å²) in [5, 5.41) is 8.87. The van der Waals surface area contributed by atoms with Crippen molar-refractivity contribution in [3.63, 3.8) is 0 Å². The van der Waals surface area contributed by atoms with Crippen LogP contribution in [0.4, 0.5) is 0 Å². The topological polar surface area (TPSA) is 74.7 Å². The third-order valence-electron chi connectivity index (χ3n) is 3.01. The van der Waals surface area contributed by atoms with Gasteiger partial charge in [0.15, 0.2) is 0 Å². The van der Waals surface area contributed by atoms with Crippen LogP contribution >= 0.6 is 15.9 Å². The molecule has 1 aromatic rings. The lowest BCUT2D eigenvalue weighted by molar-refractivity contribution is -0.148. The minimum atomic E-state index is -1.02. The molecule has 0 spiro atoms. The molecule has 19 heavy (non-hydrogen) atoms. The van der Waals surface area contributed by atoms with E-state index in [9.17, 15) is 14.4 Å². The first kappa shape index (κ1) is 13.7. The molecule has 0 aromatic heterocycles. The summed E-state index contributed by atoms with van der Waals surface area (Å²) in [6.45, 7) is 0.179. The molecule has 0 radical (unpaired) electrons. The number of piperidine rings is 1. The minimum absolute atomic E-state index is 0.159. The molecule has 100 valence electrons. The highest BCUT2D eigenvalue weighted by Crippen LogP contribution is 2.23. The summed E-state index contributed by atoms with van der Waals surface area (Å²) in [6.07, 6.45) is 1.38. The summed E-state index contributed by atoms with van der Waals surface area (Å²) in [5.41, 5.74) is 0.875. The molecule has 0 aliphatic carbocycles. The van der Waals surface area contributed by atoms with Crippen molar-refractivity contribution < 1.29 is 19.5 Å². The van der Waals surface area contributed by atoms with Crippen LogP contribution < -0.4 is 0 Å². The average molecular weight is 326 g/mol. The van der Waals surface area contributed by atoms with Gasteiger partial charge < -0.3 is 5.11 Å². The third kappa shape index (κ3) is 3.01. The van der Waals surface area contributed by atoms with Crippen molar-refractivity contribution in [1.29, 1.82) is 0 Å². The minimum Gasteiger partial charge on any atom is -0.478 e. The van der Waals surface area contributed by atoms with Crippen LogP contribution in [0.3, 0.4) is 0 Å². The van der Waals surface area contributed by atoms with E-state index in [4.69, 9.17) is 5.11 Å². The fourth-order valence-electron chi connectivity index (χ4n) is 1.96. The second-order valence-corrected chi connectivity index (χ2v) is 5.19. The summed E-state index contributed by atoms with van der Waals surface area (Å²) in [6, 6.07) is 4.54. The van der Waals surface area contributed by atoms with Crippen LogP contribution in [0.1, 0.15) is 35.2 Å². The predicted octanol–water partition coefficient (Wildman–Crippen LogP) is 2.19. The van der Waals surface area contributed by atoms with Gasteiger partial charge in [-0.3, -0.25) is 14.5 Å². The third-order valence-corrected chi connectivity index (χ3v) is 3.75. The fourth-order valence-corrected chi connectivity index (χ4v) is 2.46. The summed E-state index contributed by atoms with van der Waals surface area (Å²) in [4.78, 5) is 35.4. The molecule has 2 rings (SSSR count). The fraction of sp³-hybridized carbons (Fsp3) is 0.308. The number of hydrogen-bond acceptors (Lipinski definition) is 3. The number of imide groups is 1. The van der Waals surface area contributed by atoms with E-state index in [0.29, 0.717) is 29.3 Å². The van der Waals surface area contributed by atoms with E-state index in [1.54, 1.807) is 6.07 Å². The van der Waals surface area contributed by atoms with Gasteiger partial charge in [-0.15, -0.1) is 0 Å². The Morgan fingerprint density at radius 2 is 1.89 bits per heavy atom. The molecule has 1 aliphatic rings. The smallest absolute Gasteiger partial charge is 0.335 e. The highest BCUT2D eigenvalue weighted by atomic mass is 79.9. The first-order valence-corrected chi connectivity index (χ1v) is 6.63. The van der Waals surface area contributed by atoms with Crippen LogP contribution in [0.2, 0.25) is 0 Å². The molecule has 0 atom stereocenters. The van der Waals surface area contributed by atoms with E-state index < -0.39 is 5.97 Å². The Hall–Kier alpha value is -1.69. The maximum Gasteiger partial charge on any atom is 0.335 e. The summed E-state index contributed by atoms with van der Waals surface area (Å²) < 4.78 is 0.582. The molecule has 6 heteroatoms. The SMILES string of the molecule is O=C(O)c1ccc(CN2C(=O)CCCC2=O)c(Br)c1. The lowest BCUT2D eigenvalue weighted by Gasteiger charge is -2.25. The van der Waals surface area contributed by atoms with Gasteiger partial charge in [0.25, 0.3) is 0 Å². The molecule has 1 N–H and O–H groups in total. The lowest BCUT2D eigenvalue weighted by atomic mass is 10.1. The van der Waals surface area contributed by atoms with Crippen LogP contribution in [-0.4, -0.2) is 27.8 Å². The zero-order chi connectivity index (χ0) is 14.0. The van der Waals surface area contributed by atoms with Crippen molar-refractivity contribution in [1.82, 2.24) is 4.90 Å². The van der Waals surface area contributed by atoms with E-state index in [-0.39, 0.29) is 23.9 Å². The Morgan fingerprint density at radius 1 is 1.26 bits per heavy atom. The number of carbonyl (C=O) groups excluding carboxylic acids is 2. The number of benzene rings is 1. The van der Waals surface area contributed by atoms with Gasteiger partial charge >= 0.3 is 5.97 Å². The Labute approximate surface area is 118 Å². The number of carboxylic acid groups (broad SMARTS) is 1. The molecule has 1 heterocycles. The molecular weight excluding hydrogens is 314 g/mol. The zero-order valence-electron chi connectivity index (χ0n) is 10.1. The van der Waals surface area contributed by atoms with Gasteiger partial charge in [0.05, 0.1) is 12.1 Å². The Balaban J connectivity index is 2.21. The summed E-state index contributed by atoms with van der Waals surface area (Å²) in [5.74, 6) is -1.37. The second-order valence-electron chi connectivity index (χ2n) is 4.34. The van der Waals surface area contributed by atoms with E-state index >= 15 is 0 Å². The van der Waals surface area contributed by atoms with Crippen LogP contribution in [0.5, 0.6) is 0 Å². The van der Waals surface area contributed by atoms with Crippen LogP contribution in [-0.2, 0) is 16.1 Å². The molecule has 2 amide bonds. The van der Waals surface area contributed by atoms with Gasteiger partial charge in [-0.1, -0.05) is 22.0 Å². The molecule has 0 saturated carbocycles. The van der Waals surface area contributed by atoms with E-state index in [0.717, 1.165) is 0 Å². The summed E-state index contributed by atoms with van der Waals surface area (Å²) in [7, 11) is 0. The molecule has 1 saturated heterocycles. The molecule has 0 bridgehead atoms. The molecule has 0 unspecified atom stereocenters. The van der Waals surface area contributed by atoms with Crippen molar-refractivity contribution in [3.8, 4) is 0 Å². The van der Waals surface area contributed by atoms with Gasteiger partial charge in [0.1, 0.15) is 0 Å². The van der Waals surface area contributed by atoms with Gasteiger partial charge in [0.2, 0.25) is 11.8 Å². The summed E-state index contributed by atoms with van der Waals surface area (Å²) >= 11 is 3.27. The number of carbonyl (C=O) groups is 3. The Morgan fingerprint density at radius 3 is 2.42 bits per heavy atom. The van der Waals surface area contributed by atoms with Crippen molar-refractivity contribution in [3.05, 3.63) is 33.8 Å². The van der Waals surface area contributed by atoms with Crippen molar-refractivity contribution in [2.75, 3.05) is 0 Å². The van der Waals surface area contributed by atoms with Crippen molar-refractivity contribution in [2.24, 2.45) is 0 Å². The average Bonchev–Trinajstić information content (AvgIpc) is 2.35. The monoisotopic (exact) mass is 325 g/mol. The second kappa shape index (κ2) is 5.52. The quantitative estimate of drug-likeness (QED) is 0.864. The van der Waals surface area contributed by atoms with Gasteiger partial charge in [-0.2, -0.15) is 0 Å². The molecule has 5 nitrogen and oxygen atoms in total. The molecule has 1 aliphatic heterocycles. The van der Waals surface area contributed by atoms with Gasteiger partial charge in [0, 0.05) is 17.3 Å². The van der Waals surface area contributed by atoms with E-state index in [1.165, 1.54) is 17.0 Å². The zero-order valence-corrected chi connectivity index (χ0v) is 11.6. The van der Waals surface area contributed by atoms with Crippen LogP contribution in [0.25, 0.3) is 0 Å². The Bertz CT molecular complexity index is 540. The number of carboxylic acids is 1. The Kier molecular flexibility index (Phi) is 3.99. The number of aromatic carboxylic acids is 1. The highest BCUT2D eigenvalue weighted by molar-refractivity contribution is 9.10. The largest absolute Gasteiger partial charge is 0.478 e. The lowest BCUT2D eigenvalue weighted by Crippen LogP contribution is -2.39. The number of amides is 2. The maximum atomic E-state index is 11.7. The standard InChI is InChI=1S/C13H12BrNO4/c14-10-6-8(13(18)19)4-5-9(10)7-15-11(16)2-1-3-12(15)17/h4-6H,1-3,7H2,(H,18,19). The number of halogens is 1. The predicted molar refractivity (Wildman–Crippen MR) is 70.5 cm³/mol. The molecule has 1 aromatic carbocycles. The first-order valence-electron chi connectivity index (χ1n) is 5.84. The van der Waals surface area contributed by atoms with E-state index in [1.807, 2.05) is 0 Å². The normalized spacial score (nSPS) is 15.7. The van der Waals surface area contributed by atoms with E-state index in [2.05, 4.69) is 15.9 Å². The first-order chi connectivity index (χ1) is 8.99. The van der Waals surface area contributed by atoms with Crippen LogP contribution in [0, 0.1) is 0 Å². The van der Waals surface area contributed by atoms with Crippen molar-refractivity contribution >= 4 is 33.7 Å². The number of hydrogen-bond donors (Lipinski definition) is 1. The van der Waals surface area contributed by atoms with Crippen LogP contribution in [0.15, 0.2) is 22.7 Å². The maximum absolute atomic E-state index is 11.7. The number of likely N-dealkylation sites (tertiary alicyclic amines) is 1.